The molecule has 1 fully saturated rings. The molecule has 0 heterocycles. The third kappa shape index (κ3) is 4.71. The summed E-state index contributed by atoms with van der Waals surface area (Å²) in [6.45, 7) is 0.00785. The van der Waals surface area contributed by atoms with Gasteiger partial charge in [-0.25, -0.2) is 4.79 Å². The average molecular weight is 285 g/mol. The predicted octanol–water partition coefficient (Wildman–Crippen LogP) is 0.359. The molecule has 1 aliphatic carbocycles. The van der Waals surface area contributed by atoms with Crippen LogP contribution in [0.25, 0.3) is 0 Å². The minimum Gasteiger partial charge on any atom is -0.481 e. The summed E-state index contributed by atoms with van der Waals surface area (Å²) in [6.07, 6.45) is 2.69. The van der Waals surface area contributed by atoms with Crippen LogP contribution in [0.2, 0.25) is 0 Å². The molecule has 0 aromatic carbocycles. The summed E-state index contributed by atoms with van der Waals surface area (Å²) in [4.78, 5) is 37.2. The number of nitrogens with one attached hydrogen (secondary N) is 1. The fourth-order valence-electron chi connectivity index (χ4n) is 2.25. The van der Waals surface area contributed by atoms with Crippen LogP contribution in [0.5, 0.6) is 0 Å². The van der Waals surface area contributed by atoms with E-state index in [4.69, 9.17) is 5.11 Å². The zero-order valence-electron chi connectivity index (χ0n) is 12.3. The molecule has 0 spiro atoms. The Morgan fingerprint density at radius 1 is 1.20 bits per heavy atom. The largest absolute Gasteiger partial charge is 0.481 e. The summed E-state index contributed by atoms with van der Waals surface area (Å²) in [6, 6.07) is -0.467. The number of rotatable bonds is 4. The molecule has 7 heteroatoms. The normalized spacial score (nSPS) is 21.9. The summed E-state index contributed by atoms with van der Waals surface area (Å²) in [5.41, 5.74) is 0. The molecule has 0 aromatic heterocycles. The molecule has 1 saturated carbocycles. The van der Waals surface area contributed by atoms with Gasteiger partial charge in [0.15, 0.2) is 0 Å². The van der Waals surface area contributed by atoms with Crippen LogP contribution in [0.4, 0.5) is 4.79 Å². The van der Waals surface area contributed by atoms with Crippen LogP contribution in [-0.4, -0.2) is 66.5 Å². The van der Waals surface area contributed by atoms with Gasteiger partial charge in [-0.05, 0) is 19.3 Å². The van der Waals surface area contributed by atoms with E-state index in [-0.39, 0.29) is 30.4 Å². The lowest BCUT2D eigenvalue weighted by atomic mass is 9.86. The minimum absolute atomic E-state index is 0.00785. The van der Waals surface area contributed by atoms with Gasteiger partial charge in [0.25, 0.3) is 0 Å². The van der Waals surface area contributed by atoms with Crippen LogP contribution >= 0.6 is 0 Å². The lowest BCUT2D eigenvalue weighted by Gasteiger charge is -2.29. The summed E-state index contributed by atoms with van der Waals surface area (Å²) < 4.78 is 0. The van der Waals surface area contributed by atoms with Crippen LogP contribution in [0.1, 0.15) is 25.7 Å². The second-order valence-corrected chi connectivity index (χ2v) is 5.49. The maximum absolute atomic E-state index is 11.9. The molecule has 2 N–H and O–H groups in total. The van der Waals surface area contributed by atoms with Gasteiger partial charge < -0.3 is 20.2 Å². The van der Waals surface area contributed by atoms with Crippen molar-refractivity contribution in [1.29, 1.82) is 0 Å². The number of carbonyl (C=O) groups excluding carboxylic acids is 2. The maximum Gasteiger partial charge on any atom is 0.317 e. The smallest absolute Gasteiger partial charge is 0.317 e. The van der Waals surface area contributed by atoms with Gasteiger partial charge in [-0.2, -0.15) is 0 Å². The third-order valence-electron chi connectivity index (χ3n) is 3.57. The molecule has 2 unspecified atom stereocenters. The summed E-state index contributed by atoms with van der Waals surface area (Å²) >= 11 is 0. The Labute approximate surface area is 118 Å². The molecule has 7 nitrogen and oxygen atoms in total. The zero-order valence-corrected chi connectivity index (χ0v) is 12.3. The number of nitrogens with zero attached hydrogens (tertiary/aromatic N) is 2. The van der Waals surface area contributed by atoms with Crippen LogP contribution in [0.3, 0.4) is 0 Å². The summed E-state index contributed by atoms with van der Waals surface area (Å²) in [5, 5.41) is 11.8. The van der Waals surface area contributed by atoms with Crippen molar-refractivity contribution in [1.82, 2.24) is 15.1 Å². The van der Waals surface area contributed by atoms with E-state index in [9.17, 15) is 14.4 Å². The Bertz CT molecular complexity index is 384. The topological polar surface area (TPSA) is 90.0 Å². The molecule has 0 radical (unpaired) electrons. The van der Waals surface area contributed by atoms with E-state index < -0.39 is 5.97 Å². The molecule has 0 aromatic rings. The van der Waals surface area contributed by atoms with Crippen molar-refractivity contribution in [3.05, 3.63) is 0 Å². The molecule has 114 valence electrons. The second-order valence-electron chi connectivity index (χ2n) is 5.49. The molecule has 2 atom stereocenters. The Hall–Kier alpha value is -1.79. The summed E-state index contributed by atoms with van der Waals surface area (Å²) in [7, 11) is 4.81. The van der Waals surface area contributed by atoms with E-state index >= 15 is 0 Å². The van der Waals surface area contributed by atoms with Gasteiger partial charge >= 0.3 is 12.0 Å². The molecule has 1 rings (SSSR count). The van der Waals surface area contributed by atoms with Gasteiger partial charge in [-0.3, -0.25) is 9.59 Å². The molecular weight excluding hydrogens is 262 g/mol. The summed E-state index contributed by atoms with van der Waals surface area (Å²) in [5.74, 6) is -1.35. The van der Waals surface area contributed by atoms with Crippen molar-refractivity contribution in [3.8, 4) is 0 Å². The highest BCUT2D eigenvalue weighted by Crippen LogP contribution is 2.24. The van der Waals surface area contributed by atoms with Crippen molar-refractivity contribution in [3.63, 3.8) is 0 Å². The second kappa shape index (κ2) is 7.12. The molecule has 3 amide bonds. The predicted molar refractivity (Wildman–Crippen MR) is 73.2 cm³/mol. The van der Waals surface area contributed by atoms with E-state index in [1.54, 1.807) is 21.1 Å². The number of carbonyl (C=O) groups is 3. The number of aliphatic carboxylic acids is 1. The Kier molecular flexibility index (Phi) is 5.79. The first-order valence-corrected chi connectivity index (χ1v) is 6.75. The number of urea groups is 1. The molecule has 0 aliphatic heterocycles. The van der Waals surface area contributed by atoms with Crippen LogP contribution in [0.15, 0.2) is 0 Å². The van der Waals surface area contributed by atoms with Gasteiger partial charge in [-0.15, -0.1) is 0 Å². The van der Waals surface area contributed by atoms with E-state index in [2.05, 4.69) is 5.32 Å². The highest BCUT2D eigenvalue weighted by Gasteiger charge is 2.28. The Balaban J connectivity index is 2.45. The number of likely N-dealkylation sites (N-methyl/N-ethyl adjacent to an activating group) is 2. The van der Waals surface area contributed by atoms with E-state index in [1.165, 1.54) is 9.80 Å². The number of hydrogen-bond acceptors (Lipinski definition) is 3. The quantitative estimate of drug-likeness (QED) is 0.780. The first-order chi connectivity index (χ1) is 9.31. The van der Waals surface area contributed by atoms with Gasteiger partial charge in [0.2, 0.25) is 5.91 Å². The average Bonchev–Trinajstić information content (AvgIpc) is 2.38. The highest BCUT2D eigenvalue weighted by atomic mass is 16.4. The molecule has 20 heavy (non-hydrogen) atoms. The first-order valence-electron chi connectivity index (χ1n) is 6.75. The van der Waals surface area contributed by atoms with Crippen molar-refractivity contribution in [2.75, 3.05) is 27.7 Å². The third-order valence-corrected chi connectivity index (χ3v) is 3.57. The van der Waals surface area contributed by atoms with Crippen LogP contribution < -0.4 is 5.32 Å². The van der Waals surface area contributed by atoms with Crippen LogP contribution in [-0.2, 0) is 9.59 Å². The molecule has 1 aliphatic rings. The zero-order chi connectivity index (χ0) is 15.3. The van der Waals surface area contributed by atoms with Crippen molar-refractivity contribution >= 4 is 17.9 Å². The Morgan fingerprint density at radius 3 is 2.40 bits per heavy atom. The standard InChI is InChI=1S/C13H23N3O4/c1-15(2)11(17)8-16(3)13(20)14-10-6-4-5-9(7-10)12(18)19/h9-10H,4-8H2,1-3H3,(H,14,20)(H,18,19). The van der Waals surface area contributed by atoms with E-state index in [0.717, 1.165) is 12.8 Å². The lowest BCUT2D eigenvalue weighted by molar-refractivity contribution is -0.143. The van der Waals surface area contributed by atoms with Gasteiger partial charge in [-0.1, -0.05) is 6.42 Å². The van der Waals surface area contributed by atoms with Gasteiger partial charge in [0.05, 0.1) is 5.92 Å². The van der Waals surface area contributed by atoms with Gasteiger partial charge in [0.1, 0.15) is 6.54 Å². The van der Waals surface area contributed by atoms with Crippen molar-refractivity contribution in [2.24, 2.45) is 5.92 Å². The number of hydrogen-bond donors (Lipinski definition) is 2. The lowest BCUT2D eigenvalue weighted by Crippen LogP contribution is -2.48. The molecule has 0 bridgehead atoms. The SMILES string of the molecule is CN(C)C(=O)CN(C)C(=O)NC1CCCC(C(=O)O)C1. The minimum atomic E-state index is -0.805. The molecular formula is C13H23N3O4. The van der Waals surface area contributed by atoms with Gasteiger partial charge in [0, 0.05) is 27.2 Å². The Morgan fingerprint density at radius 2 is 1.85 bits per heavy atom. The van der Waals surface area contributed by atoms with Crippen molar-refractivity contribution in [2.45, 2.75) is 31.7 Å². The maximum atomic E-state index is 11.9. The fourth-order valence-corrected chi connectivity index (χ4v) is 2.25. The van der Waals surface area contributed by atoms with E-state index in [1.807, 2.05) is 0 Å². The van der Waals surface area contributed by atoms with Crippen LogP contribution in [0, 0.1) is 5.92 Å². The number of amides is 3. The fraction of sp³-hybridized carbons (Fsp3) is 0.769. The number of carboxylic acids is 1. The highest BCUT2D eigenvalue weighted by molar-refractivity contribution is 5.83. The molecule has 0 saturated heterocycles. The monoisotopic (exact) mass is 285 g/mol. The number of carboxylic acid groups (broad SMARTS) is 1. The first kappa shape index (κ1) is 16.3. The van der Waals surface area contributed by atoms with Crippen molar-refractivity contribution < 1.29 is 19.5 Å². The van der Waals surface area contributed by atoms with E-state index in [0.29, 0.717) is 12.8 Å².